The second-order valence-corrected chi connectivity index (χ2v) is 5.57. The van der Waals surface area contributed by atoms with Crippen LogP contribution in [0.5, 0.6) is 11.6 Å². The number of hydrogen-bond acceptors (Lipinski definition) is 5. The summed E-state index contributed by atoms with van der Waals surface area (Å²) in [4.78, 5) is 22.5. The molecular weight excluding hydrogens is 363 g/mol. The van der Waals surface area contributed by atoms with Gasteiger partial charge in [0.1, 0.15) is 5.75 Å². The molecule has 1 fully saturated rings. The molecule has 0 unspecified atom stereocenters. The lowest BCUT2D eigenvalue weighted by Crippen LogP contribution is -2.43. The fourth-order valence-corrected chi connectivity index (χ4v) is 2.71. The van der Waals surface area contributed by atoms with E-state index in [1.54, 1.807) is 24.5 Å². The zero-order chi connectivity index (χ0) is 16.1. The summed E-state index contributed by atoms with van der Waals surface area (Å²) in [6, 6.07) is 7.46. The highest BCUT2D eigenvalue weighted by Gasteiger charge is 2.23. The molecule has 1 saturated heterocycles. The predicted molar refractivity (Wildman–Crippen MR) is 101 cm³/mol. The Kier molecular flexibility index (Phi) is 8.61. The summed E-state index contributed by atoms with van der Waals surface area (Å²) < 4.78 is 5.64. The van der Waals surface area contributed by atoms with E-state index in [2.05, 4.69) is 15.3 Å². The van der Waals surface area contributed by atoms with Gasteiger partial charge in [-0.15, -0.1) is 24.8 Å². The second-order valence-electron chi connectivity index (χ2n) is 5.57. The SMILES string of the molecule is CN(C(=O)c1cccc(Oc2cnccn2)c1)C1CCNCC1.Cl.Cl. The largest absolute Gasteiger partial charge is 0.437 e. The van der Waals surface area contributed by atoms with Crippen molar-refractivity contribution in [3.8, 4) is 11.6 Å². The minimum atomic E-state index is 0. The van der Waals surface area contributed by atoms with Crippen LogP contribution in [0, 0.1) is 0 Å². The molecule has 2 heterocycles. The van der Waals surface area contributed by atoms with E-state index in [9.17, 15) is 4.79 Å². The molecule has 3 rings (SSSR count). The maximum atomic E-state index is 12.7. The number of amides is 1. The molecule has 1 aromatic heterocycles. The Morgan fingerprint density at radius 3 is 2.68 bits per heavy atom. The van der Waals surface area contributed by atoms with Crippen molar-refractivity contribution in [3.05, 3.63) is 48.4 Å². The molecule has 6 nitrogen and oxygen atoms in total. The Balaban J connectivity index is 0.00000156. The van der Waals surface area contributed by atoms with Gasteiger partial charge >= 0.3 is 0 Å². The van der Waals surface area contributed by atoms with Gasteiger partial charge in [0, 0.05) is 31.0 Å². The van der Waals surface area contributed by atoms with E-state index in [0.29, 0.717) is 17.2 Å². The van der Waals surface area contributed by atoms with Crippen molar-refractivity contribution >= 4 is 30.7 Å². The van der Waals surface area contributed by atoms with Gasteiger partial charge in [0.05, 0.1) is 6.20 Å². The molecule has 0 bridgehead atoms. The van der Waals surface area contributed by atoms with Crippen molar-refractivity contribution in [2.45, 2.75) is 18.9 Å². The molecular formula is C17H22Cl2N4O2. The summed E-state index contributed by atoms with van der Waals surface area (Å²) in [5.41, 5.74) is 0.618. The lowest BCUT2D eigenvalue weighted by Gasteiger charge is -2.31. The first kappa shape index (κ1) is 21.2. The van der Waals surface area contributed by atoms with Gasteiger partial charge in [-0.1, -0.05) is 6.07 Å². The van der Waals surface area contributed by atoms with Crippen LogP contribution in [0.15, 0.2) is 42.9 Å². The summed E-state index contributed by atoms with van der Waals surface area (Å²) in [6.07, 6.45) is 6.65. The number of ether oxygens (including phenoxy) is 1. The Bertz CT molecular complexity index is 667. The molecule has 0 aliphatic carbocycles. The Morgan fingerprint density at radius 1 is 1.24 bits per heavy atom. The van der Waals surface area contributed by atoms with E-state index in [1.807, 2.05) is 24.1 Å². The summed E-state index contributed by atoms with van der Waals surface area (Å²) in [6.45, 7) is 1.91. The molecule has 1 aromatic carbocycles. The van der Waals surface area contributed by atoms with E-state index in [0.717, 1.165) is 25.9 Å². The van der Waals surface area contributed by atoms with Crippen LogP contribution in [0.25, 0.3) is 0 Å². The van der Waals surface area contributed by atoms with Crippen LogP contribution in [0.2, 0.25) is 0 Å². The smallest absolute Gasteiger partial charge is 0.253 e. The average molecular weight is 385 g/mol. The van der Waals surface area contributed by atoms with Crippen LogP contribution in [0.4, 0.5) is 0 Å². The fourth-order valence-electron chi connectivity index (χ4n) is 2.71. The van der Waals surface area contributed by atoms with Crippen molar-refractivity contribution in [1.29, 1.82) is 0 Å². The quantitative estimate of drug-likeness (QED) is 0.877. The highest BCUT2D eigenvalue weighted by molar-refractivity contribution is 5.94. The van der Waals surface area contributed by atoms with E-state index in [-0.39, 0.29) is 36.8 Å². The molecule has 25 heavy (non-hydrogen) atoms. The third-order valence-corrected chi connectivity index (χ3v) is 4.02. The molecule has 1 amide bonds. The van der Waals surface area contributed by atoms with Crippen molar-refractivity contribution in [2.75, 3.05) is 20.1 Å². The number of carbonyl (C=O) groups is 1. The van der Waals surface area contributed by atoms with Crippen molar-refractivity contribution in [1.82, 2.24) is 20.2 Å². The number of halogens is 2. The number of carbonyl (C=O) groups excluding carboxylic acids is 1. The van der Waals surface area contributed by atoms with E-state index in [4.69, 9.17) is 4.74 Å². The molecule has 0 atom stereocenters. The molecule has 8 heteroatoms. The van der Waals surface area contributed by atoms with Gasteiger partial charge in [-0.3, -0.25) is 9.78 Å². The third-order valence-electron chi connectivity index (χ3n) is 4.02. The monoisotopic (exact) mass is 384 g/mol. The summed E-state index contributed by atoms with van der Waals surface area (Å²) in [5.74, 6) is 1.00. The zero-order valence-corrected chi connectivity index (χ0v) is 15.6. The first-order chi connectivity index (χ1) is 11.2. The first-order valence-electron chi connectivity index (χ1n) is 7.76. The van der Waals surface area contributed by atoms with Crippen molar-refractivity contribution < 1.29 is 9.53 Å². The summed E-state index contributed by atoms with van der Waals surface area (Å²) in [7, 11) is 1.87. The topological polar surface area (TPSA) is 67.4 Å². The normalized spacial score (nSPS) is 14.0. The van der Waals surface area contributed by atoms with Crippen molar-refractivity contribution in [3.63, 3.8) is 0 Å². The van der Waals surface area contributed by atoms with Crippen molar-refractivity contribution in [2.24, 2.45) is 0 Å². The third kappa shape index (κ3) is 5.56. The van der Waals surface area contributed by atoms with Gasteiger partial charge in [-0.05, 0) is 44.1 Å². The summed E-state index contributed by atoms with van der Waals surface area (Å²) >= 11 is 0. The molecule has 1 aliphatic heterocycles. The Morgan fingerprint density at radius 2 is 2.00 bits per heavy atom. The highest BCUT2D eigenvalue weighted by Crippen LogP contribution is 2.21. The standard InChI is InChI=1S/C17H20N4O2.2ClH/c1-21(14-5-7-18-8-6-14)17(22)13-3-2-4-15(11-13)23-16-12-19-9-10-20-16;;/h2-4,9-12,14,18H,5-8H2,1H3;2*1H. The van der Waals surface area contributed by atoms with Gasteiger partial charge < -0.3 is 15.0 Å². The average Bonchev–Trinajstić information content (AvgIpc) is 2.62. The molecule has 0 spiro atoms. The Labute approximate surface area is 159 Å². The molecule has 136 valence electrons. The van der Waals surface area contributed by atoms with Crippen LogP contribution >= 0.6 is 24.8 Å². The van der Waals surface area contributed by atoms with Gasteiger partial charge in [0.2, 0.25) is 5.88 Å². The maximum Gasteiger partial charge on any atom is 0.253 e. The van der Waals surface area contributed by atoms with Crippen LogP contribution in [0.3, 0.4) is 0 Å². The van der Waals surface area contributed by atoms with Crippen LogP contribution in [0.1, 0.15) is 23.2 Å². The maximum absolute atomic E-state index is 12.7. The van der Waals surface area contributed by atoms with E-state index in [1.165, 1.54) is 6.20 Å². The highest BCUT2D eigenvalue weighted by atomic mass is 35.5. The molecule has 2 aromatic rings. The van der Waals surface area contributed by atoms with Gasteiger partial charge in [0.25, 0.3) is 5.91 Å². The van der Waals surface area contributed by atoms with Crippen LogP contribution in [-0.2, 0) is 0 Å². The fraction of sp³-hybridized carbons (Fsp3) is 0.353. The lowest BCUT2D eigenvalue weighted by molar-refractivity contribution is 0.0703. The number of rotatable bonds is 4. The van der Waals surface area contributed by atoms with Crippen LogP contribution in [-0.4, -0.2) is 47.0 Å². The number of nitrogens with zero attached hydrogens (tertiary/aromatic N) is 3. The predicted octanol–water partition coefficient (Wildman–Crippen LogP) is 2.94. The van der Waals surface area contributed by atoms with Gasteiger partial charge in [-0.2, -0.15) is 0 Å². The minimum Gasteiger partial charge on any atom is -0.437 e. The number of piperidine rings is 1. The lowest BCUT2D eigenvalue weighted by atomic mass is 10.0. The minimum absolute atomic E-state index is 0. The number of hydrogen-bond donors (Lipinski definition) is 1. The molecule has 1 N–H and O–H groups in total. The van der Waals surface area contributed by atoms with Gasteiger partial charge in [-0.25, -0.2) is 4.98 Å². The first-order valence-corrected chi connectivity index (χ1v) is 7.76. The Hall–Kier alpha value is -1.89. The number of aromatic nitrogens is 2. The molecule has 0 radical (unpaired) electrons. The van der Waals surface area contributed by atoms with E-state index < -0.39 is 0 Å². The molecule has 0 saturated carbocycles. The summed E-state index contributed by atoms with van der Waals surface area (Å²) in [5, 5.41) is 3.31. The number of benzene rings is 1. The van der Waals surface area contributed by atoms with Gasteiger partial charge in [0.15, 0.2) is 0 Å². The van der Waals surface area contributed by atoms with Crippen LogP contribution < -0.4 is 10.1 Å². The zero-order valence-electron chi connectivity index (χ0n) is 13.9. The molecule has 1 aliphatic rings. The second kappa shape index (κ2) is 10.2. The van der Waals surface area contributed by atoms with E-state index >= 15 is 0 Å². The number of nitrogens with one attached hydrogen (secondary N) is 1.